The van der Waals surface area contributed by atoms with Gasteiger partial charge in [0.05, 0.1) is 0 Å². The van der Waals surface area contributed by atoms with Gasteiger partial charge < -0.3 is 10.2 Å². The Kier molecular flexibility index (Phi) is 3.54. The molecule has 3 radical (unpaired) electrons. The Bertz CT molecular complexity index is 167. The van der Waals surface area contributed by atoms with Crippen molar-refractivity contribution in [3.63, 3.8) is 0 Å². The summed E-state index contributed by atoms with van der Waals surface area (Å²) < 4.78 is 0. The van der Waals surface area contributed by atoms with E-state index in [-0.39, 0.29) is 37.3 Å². The molecule has 0 aliphatic heterocycles. The maximum absolute atomic E-state index is 8.67. The Morgan fingerprint density at radius 3 is 1.44 bits per heavy atom. The third-order valence-electron chi connectivity index (χ3n) is 0.882. The zero-order valence-electron chi connectivity index (χ0n) is 4.78. The van der Waals surface area contributed by atoms with E-state index in [2.05, 4.69) is 0 Å². The van der Waals surface area contributed by atoms with Gasteiger partial charge in [0, 0.05) is 25.8 Å². The predicted octanol–water partition coefficient (Wildman–Crippen LogP) is 0.717. The van der Waals surface area contributed by atoms with Crippen LogP contribution in [0.3, 0.4) is 0 Å². The fraction of sp³-hybridized carbons (Fsp3) is 0. The summed E-state index contributed by atoms with van der Waals surface area (Å²) in [5.41, 5.74) is 0. The van der Waals surface area contributed by atoms with Crippen molar-refractivity contribution in [2.75, 3.05) is 0 Å². The second-order valence-electron chi connectivity index (χ2n) is 1.49. The molecule has 2 nitrogen and oxygen atoms in total. The summed E-state index contributed by atoms with van der Waals surface area (Å²) >= 11 is 0. The van der Waals surface area contributed by atoms with E-state index in [4.69, 9.17) is 10.2 Å². The van der Waals surface area contributed by atoms with Crippen LogP contribution in [0.25, 0.3) is 0 Å². The Hall–Kier alpha value is -0.310. The molecule has 1 aromatic rings. The molecule has 0 aromatic heterocycles. The van der Waals surface area contributed by atoms with Crippen LogP contribution in [-0.4, -0.2) is 36.1 Å². The van der Waals surface area contributed by atoms with Gasteiger partial charge in [-0.1, -0.05) is 12.1 Å². The van der Waals surface area contributed by atoms with Crippen molar-refractivity contribution in [1.29, 1.82) is 0 Å². The zero-order valence-corrected chi connectivity index (χ0v) is 8.08. The molecular weight excluding hydrogens is 219 g/mol. The van der Waals surface area contributed by atoms with Crippen LogP contribution in [0, 0.1) is 0 Å². The second kappa shape index (κ2) is 3.67. The van der Waals surface area contributed by atoms with Crippen LogP contribution in [0.15, 0.2) is 24.3 Å². The van der Waals surface area contributed by atoms with Crippen LogP contribution in [0.1, 0.15) is 0 Å². The number of rotatable bonds is 0. The standard InChI is InChI=1S/C6H6O2.In/c7-5-3-1-2-4-6(5)8;/h1-4,7-8H;. The number of phenols is 2. The minimum absolute atomic E-state index is 0. The monoisotopic (exact) mass is 225 g/mol. The third-order valence-corrected chi connectivity index (χ3v) is 0.882. The van der Waals surface area contributed by atoms with E-state index in [1.54, 1.807) is 12.1 Å². The van der Waals surface area contributed by atoms with Crippen LogP contribution in [0.5, 0.6) is 11.5 Å². The molecule has 0 heterocycles. The zero-order chi connectivity index (χ0) is 5.98. The summed E-state index contributed by atoms with van der Waals surface area (Å²) in [6, 6.07) is 6.15. The minimum atomic E-state index is -0.0764. The average molecular weight is 225 g/mol. The first-order valence-corrected chi connectivity index (χ1v) is 2.27. The Labute approximate surface area is 71.9 Å². The van der Waals surface area contributed by atoms with Gasteiger partial charge in [0.25, 0.3) is 0 Å². The van der Waals surface area contributed by atoms with Crippen LogP contribution < -0.4 is 0 Å². The van der Waals surface area contributed by atoms with E-state index in [0.29, 0.717) is 0 Å². The van der Waals surface area contributed by atoms with Gasteiger partial charge in [-0.05, 0) is 12.1 Å². The van der Waals surface area contributed by atoms with Crippen LogP contribution >= 0.6 is 0 Å². The number of hydrogen-bond donors (Lipinski definition) is 2. The van der Waals surface area contributed by atoms with Crippen molar-refractivity contribution in [3.05, 3.63) is 24.3 Å². The van der Waals surface area contributed by atoms with Crippen molar-refractivity contribution in [3.8, 4) is 11.5 Å². The number of hydrogen-bond acceptors (Lipinski definition) is 2. The summed E-state index contributed by atoms with van der Waals surface area (Å²) in [5.74, 6) is -0.153. The molecule has 0 saturated heterocycles. The normalized spacial score (nSPS) is 8.00. The van der Waals surface area contributed by atoms with Crippen LogP contribution in [0.2, 0.25) is 0 Å². The first-order chi connectivity index (χ1) is 3.80. The molecular formula is C6H6InO2. The van der Waals surface area contributed by atoms with Crippen molar-refractivity contribution >= 4 is 25.8 Å². The number of benzene rings is 1. The number of phenolic OH excluding ortho intramolecular Hbond substituents is 2. The van der Waals surface area contributed by atoms with Gasteiger partial charge in [-0.2, -0.15) is 0 Å². The Morgan fingerprint density at radius 2 is 1.22 bits per heavy atom. The molecule has 0 atom stereocenters. The fourth-order valence-electron chi connectivity index (χ4n) is 0.464. The third kappa shape index (κ3) is 2.18. The minimum Gasteiger partial charge on any atom is -0.504 e. The van der Waals surface area contributed by atoms with Crippen LogP contribution in [0.4, 0.5) is 0 Å². The van der Waals surface area contributed by atoms with Gasteiger partial charge >= 0.3 is 0 Å². The van der Waals surface area contributed by atoms with E-state index in [1.807, 2.05) is 0 Å². The van der Waals surface area contributed by atoms with Gasteiger partial charge in [-0.25, -0.2) is 0 Å². The van der Waals surface area contributed by atoms with E-state index < -0.39 is 0 Å². The molecule has 2 N–H and O–H groups in total. The summed E-state index contributed by atoms with van der Waals surface area (Å²) in [6.45, 7) is 0. The maximum Gasteiger partial charge on any atom is 0.157 e. The molecule has 0 bridgehead atoms. The molecule has 45 valence electrons. The molecule has 1 aromatic carbocycles. The van der Waals surface area contributed by atoms with E-state index in [9.17, 15) is 0 Å². The molecule has 0 aliphatic carbocycles. The van der Waals surface area contributed by atoms with Gasteiger partial charge in [0.1, 0.15) is 0 Å². The van der Waals surface area contributed by atoms with Crippen molar-refractivity contribution in [2.45, 2.75) is 0 Å². The molecule has 3 heteroatoms. The summed E-state index contributed by atoms with van der Waals surface area (Å²) in [4.78, 5) is 0. The summed E-state index contributed by atoms with van der Waals surface area (Å²) in [7, 11) is 0. The topological polar surface area (TPSA) is 40.5 Å². The first-order valence-electron chi connectivity index (χ1n) is 2.27. The largest absolute Gasteiger partial charge is 0.504 e. The quantitative estimate of drug-likeness (QED) is 0.638. The molecule has 0 fully saturated rings. The van der Waals surface area contributed by atoms with Crippen LogP contribution in [-0.2, 0) is 0 Å². The smallest absolute Gasteiger partial charge is 0.157 e. The maximum atomic E-state index is 8.67. The molecule has 9 heavy (non-hydrogen) atoms. The molecule has 0 aliphatic rings. The second-order valence-corrected chi connectivity index (χ2v) is 1.49. The van der Waals surface area contributed by atoms with E-state index in [1.165, 1.54) is 12.1 Å². The van der Waals surface area contributed by atoms with E-state index in [0.717, 1.165) is 0 Å². The van der Waals surface area contributed by atoms with Gasteiger partial charge in [-0.15, -0.1) is 0 Å². The SMILES string of the molecule is Oc1ccccc1O.[In]. The fourth-order valence-corrected chi connectivity index (χ4v) is 0.464. The molecule has 0 amide bonds. The number of para-hydroxylation sites is 2. The predicted molar refractivity (Wildman–Crippen MR) is 35.5 cm³/mol. The summed E-state index contributed by atoms with van der Waals surface area (Å²) in [5, 5.41) is 17.3. The molecule has 1 rings (SSSR count). The van der Waals surface area contributed by atoms with Gasteiger partial charge in [0.2, 0.25) is 0 Å². The number of aromatic hydroxyl groups is 2. The molecule has 0 saturated carbocycles. The van der Waals surface area contributed by atoms with Crippen molar-refractivity contribution in [1.82, 2.24) is 0 Å². The summed E-state index contributed by atoms with van der Waals surface area (Å²) in [6.07, 6.45) is 0. The first kappa shape index (κ1) is 8.69. The van der Waals surface area contributed by atoms with E-state index >= 15 is 0 Å². The average Bonchev–Trinajstić information content (AvgIpc) is 1.77. The van der Waals surface area contributed by atoms with Crippen molar-refractivity contribution in [2.24, 2.45) is 0 Å². The Morgan fingerprint density at radius 1 is 0.889 bits per heavy atom. The molecule has 0 unspecified atom stereocenters. The molecule has 0 spiro atoms. The van der Waals surface area contributed by atoms with Gasteiger partial charge in [-0.3, -0.25) is 0 Å². The van der Waals surface area contributed by atoms with Gasteiger partial charge in [0.15, 0.2) is 11.5 Å². The Balaban J connectivity index is 0.000000640. The van der Waals surface area contributed by atoms with Crippen molar-refractivity contribution < 1.29 is 10.2 Å².